The minimum Gasteiger partial charge on any atom is -0.449 e. The Morgan fingerprint density at radius 3 is 2.94 bits per heavy atom. The number of fused-ring (bicyclic) bond motifs is 1. The Bertz CT molecular complexity index is 589. The van der Waals surface area contributed by atoms with Crippen LogP contribution in [0.15, 0.2) is 35.1 Å². The van der Waals surface area contributed by atoms with E-state index in [4.69, 9.17) is 17.0 Å². The fourth-order valence-corrected chi connectivity index (χ4v) is 1.54. The summed E-state index contributed by atoms with van der Waals surface area (Å²) in [5.41, 5.74) is 0.566. The summed E-state index contributed by atoms with van der Waals surface area (Å²) < 4.78 is 5.47. The van der Waals surface area contributed by atoms with E-state index < -0.39 is 0 Å². The maximum Gasteiger partial charge on any atom is 0.252 e. The molecule has 3 nitrogen and oxygen atoms in total. The second kappa shape index (κ2) is 4.45. The molecule has 1 aromatic heterocycles. The van der Waals surface area contributed by atoms with Crippen molar-refractivity contribution >= 4 is 28.2 Å². The van der Waals surface area contributed by atoms with Crippen LogP contribution < -0.4 is 10.3 Å². The lowest BCUT2D eigenvalue weighted by Crippen LogP contribution is -2.09. The third-order valence-corrected chi connectivity index (χ3v) is 2.60. The first-order valence-corrected chi connectivity index (χ1v) is 5.44. The Hall–Kier alpha value is -1.68. The van der Waals surface area contributed by atoms with E-state index in [1.54, 1.807) is 0 Å². The summed E-state index contributed by atoms with van der Waals surface area (Å²) in [7, 11) is 0. The molecule has 0 atom stereocenters. The third kappa shape index (κ3) is 2.12. The van der Waals surface area contributed by atoms with E-state index >= 15 is 0 Å². The highest BCUT2D eigenvalue weighted by atomic mass is 32.1. The van der Waals surface area contributed by atoms with E-state index in [-0.39, 0.29) is 5.56 Å². The van der Waals surface area contributed by atoms with E-state index in [1.165, 1.54) is 6.07 Å². The number of aromatic nitrogens is 1. The molecule has 82 valence electrons. The number of aromatic amines is 1. The van der Waals surface area contributed by atoms with Crippen molar-refractivity contribution in [3.63, 3.8) is 0 Å². The standard InChI is InChI=1S/C12H11NO2S/c1-2-12(16)15-10-7-11(14)13-9-6-4-3-5-8(9)10/h3-7H,2H2,1H3,(H,13,14). The Morgan fingerprint density at radius 1 is 1.44 bits per heavy atom. The molecule has 2 rings (SSSR count). The number of H-pyrrole nitrogens is 1. The van der Waals surface area contributed by atoms with Crippen molar-refractivity contribution in [1.29, 1.82) is 0 Å². The van der Waals surface area contributed by atoms with Gasteiger partial charge in [-0.15, -0.1) is 0 Å². The minimum atomic E-state index is -0.187. The number of rotatable bonds is 2. The smallest absolute Gasteiger partial charge is 0.252 e. The first-order chi connectivity index (χ1) is 7.70. The lowest BCUT2D eigenvalue weighted by Gasteiger charge is -2.07. The fourth-order valence-electron chi connectivity index (χ4n) is 1.45. The quantitative estimate of drug-likeness (QED) is 0.811. The molecule has 4 heteroatoms. The summed E-state index contributed by atoms with van der Waals surface area (Å²) in [4.78, 5) is 14.1. The van der Waals surface area contributed by atoms with Crippen LogP contribution >= 0.6 is 12.2 Å². The van der Waals surface area contributed by atoms with Crippen molar-refractivity contribution in [3.05, 3.63) is 40.7 Å². The van der Waals surface area contributed by atoms with Crippen LogP contribution in [0.25, 0.3) is 10.9 Å². The van der Waals surface area contributed by atoms with Crippen LogP contribution in [-0.4, -0.2) is 10.0 Å². The number of benzene rings is 1. The topological polar surface area (TPSA) is 42.1 Å². The number of nitrogens with one attached hydrogen (secondary N) is 1. The van der Waals surface area contributed by atoms with Crippen molar-refractivity contribution < 1.29 is 4.74 Å². The molecule has 1 aromatic carbocycles. The van der Waals surface area contributed by atoms with Crippen LogP contribution in [0.2, 0.25) is 0 Å². The predicted octanol–water partition coefficient (Wildman–Crippen LogP) is 2.64. The lowest BCUT2D eigenvalue weighted by molar-refractivity contribution is 0.556. The summed E-state index contributed by atoms with van der Waals surface area (Å²) in [6.45, 7) is 1.91. The van der Waals surface area contributed by atoms with E-state index in [0.717, 1.165) is 10.9 Å². The SMILES string of the molecule is CCC(=S)Oc1cc(=O)[nH]c2ccccc12. The second-order valence-corrected chi connectivity index (χ2v) is 3.83. The van der Waals surface area contributed by atoms with Gasteiger partial charge in [-0.05, 0) is 24.4 Å². The van der Waals surface area contributed by atoms with Crippen molar-refractivity contribution in [1.82, 2.24) is 4.98 Å². The van der Waals surface area contributed by atoms with E-state index in [9.17, 15) is 4.79 Å². The fraction of sp³-hybridized carbons (Fsp3) is 0.167. The second-order valence-electron chi connectivity index (χ2n) is 3.37. The molecule has 1 N–H and O–H groups in total. The molecule has 0 aliphatic rings. The van der Waals surface area contributed by atoms with Gasteiger partial charge in [-0.2, -0.15) is 0 Å². The Balaban J connectivity index is 2.59. The van der Waals surface area contributed by atoms with Gasteiger partial charge in [0.1, 0.15) is 5.75 Å². The molecule has 0 aliphatic heterocycles. The van der Waals surface area contributed by atoms with E-state index in [1.807, 2.05) is 31.2 Å². The van der Waals surface area contributed by atoms with Gasteiger partial charge >= 0.3 is 0 Å². The number of thiocarbonyl (C=S) groups is 1. The zero-order valence-electron chi connectivity index (χ0n) is 8.82. The summed E-state index contributed by atoms with van der Waals surface area (Å²) in [6, 6.07) is 8.89. The lowest BCUT2D eigenvalue weighted by atomic mass is 10.2. The molecule has 0 saturated carbocycles. The zero-order chi connectivity index (χ0) is 11.5. The molecule has 1 heterocycles. The van der Waals surface area contributed by atoms with Gasteiger partial charge < -0.3 is 9.72 Å². The normalized spacial score (nSPS) is 10.3. The number of para-hydroxylation sites is 1. The van der Waals surface area contributed by atoms with E-state index in [2.05, 4.69) is 4.98 Å². The Morgan fingerprint density at radius 2 is 2.19 bits per heavy atom. The summed E-state index contributed by atoms with van der Waals surface area (Å²) in [6.07, 6.45) is 0.649. The Kier molecular flexibility index (Phi) is 3.01. The number of ether oxygens (including phenoxy) is 1. The average Bonchev–Trinajstić information content (AvgIpc) is 2.28. The van der Waals surface area contributed by atoms with Crippen LogP contribution in [0.3, 0.4) is 0 Å². The molecule has 0 radical (unpaired) electrons. The maximum absolute atomic E-state index is 11.4. The van der Waals surface area contributed by atoms with Crippen LogP contribution in [0.4, 0.5) is 0 Å². The minimum absolute atomic E-state index is 0.187. The van der Waals surface area contributed by atoms with Gasteiger partial charge in [-0.3, -0.25) is 4.79 Å². The maximum atomic E-state index is 11.4. The third-order valence-electron chi connectivity index (χ3n) is 2.23. The van der Waals surface area contributed by atoms with Gasteiger partial charge in [0.15, 0.2) is 5.05 Å². The highest BCUT2D eigenvalue weighted by Gasteiger charge is 2.05. The molecule has 0 aliphatic carbocycles. The number of pyridine rings is 1. The summed E-state index contributed by atoms with van der Waals surface area (Å²) >= 11 is 5.01. The van der Waals surface area contributed by atoms with Gasteiger partial charge in [0.05, 0.1) is 5.52 Å². The highest BCUT2D eigenvalue weighted by molar-refractivity contribution is 7.80. The predicted molar refractivity (Wildman–Crippen MR) is 68.1 cm³/mol. The number of hydrogen-bond donors (Lipinski definition) is 1. The number of hydrogen-bond acceptors (Lipinski definition) is 3. The van der Waals surface area contributed by atoms with Crippen LogP contribution in [0, 0.1) is 0 Å². The van der Waals surface area contributed by atoms with E-state index in [0.29, 0.717) is 17.2 Å². The van der Waals surface area contributed by atoms with Crippen LogP contribution in [-0.2, 0) is 0 Å². The first-order valence-electron chi connectivity index (χ1n) is 5.03. The Labute approximate surface area is 98.1 Å². The van der Waals surface area contributed by atoms with Gasteiger partial charge in [-0.1, -0.05) is 19.1 Å². The molecular weight excluding hydrogens is 222 g/mol. The van der Waals surface area contributed by atoms with Crippen LogP contribution in [0.1, 0.15) is 13.3 Å². The summed E-state index contributed by atoms with van der Waals surface area (Å²) in [5, 5.41) is 1.34. The average molecular weight is 233 g/mol. The van der Waals surface area contributed by atoms with Gasteiger partial charge in [0.25, 0.3) is 5.56 Å². The van der Waals surface area contributed by atoms with Gasteiger partial charge in [0.2, 0.25) is 0 Å². The molecular formula is C12H11NO2S. The monoisotopic (exact) mass is 233 g/mol. The molecule has 16 heavy (non-hydrogen) atoms. The molecule has 0 bridgehead atoms. The van der Waals surface area contributed by atoms with Crippen LogP contribution in [0.5, 0.6) is 5.75 Å². The zero-order valence-corrected chi connectivity index (χ0v) is 9.64. The molecule has 0 unspecified atom stereocenters. The summed E-state index contributed by atoms with van der Waals surface area (Å²) in [5.74, 6) is 0.520. The molecule has 0 amide bonds. The van der Waals surface area contributed by atoms with Gasteiger partial charge in [-0.25, -0.2) is 0 Å². The van der Waals surface area contributed by atoms with Crippen molar-refractivity contribution in [2.75, 3.05) is 0 Å². The largest absolute Gasteiger partial charge is 0.449 e. The molecule has 2 aromatic rings. The molecule has 0 fully saturated rings. The first kappa shape index (κ1) is 10.8. The highest BCUT2D eigenvalue weighted by Crippen LogP contribution is 2.22. The molecule has 0 spiro atoms. The van der Waals surface area contributed by atoms with Crippen molar-refractivity contribution in [3.8, 4) is 5.75 Å². The van der Waals surface area contributed by atoms with Gasteiger partial charge in [0, 0.05) is 17.9 Å². The molecule has 0 saturated heterocycles. The van der Waals surface area contributed by atoms with Crippen molar-refractivity contribution in [2.24, 2.45) is 0 Å². The van der Waals surface area contributed by atoms with Crippen molar-refractivity contribution in [2.45, 2.75) is 13.3 Å².